The summed E-state index contributed by atoms with van der Waals surface area (Å²) >= 11 is 0. The van der Waals surface area contributed by atoms with Gasteiger partial charge in [-0.15, -0.1) is 0 Å². The highest BCUT2D eigenvalue weighted by Gasteiger charge is 2.20. The number of hydrogen-bond donors (Lipinski definition) is 2. The van der Waals surface area contributed by atoms with Gasteiger partial charge in [0, 0.05) is 30.3 Å². The molecule has 7 nitrogen and oxygen atoms in total. The highest BCUT2D eigenvalue weighted by atomic mass is 16.5. The van der Waals surface area contributed by atoms with Crippen LogP contribution in [0.1, 0.15) is 36.7 Å². The van der Waals surface area contributed by atoms with Gasteiger partial charge in [-0.2, -0.15) is 0 Å². The van der Waals surface area contributed by atoms with Crippen LogP contribution in [0.4, 0.5) is 5.69 Å². The predicted molar refractivity (Wildman–Crippen MR) is 110 cm³/mol. The van der Waals surface area contributed by atoms with Crippen molar-refractivity contribution in [2.24, 2.45) is 5.41 Å². The highest BCUT2D eigenvalue weighted by molar-refractivity contribution is 6.05. The van der Waals surface area contributed by atoms with Crippen molar-refractivity contribution in [1.82, 2.24) is 5.32 Å². The molecule has 2 aromatic carbocycles. The Morgan fingerprint density at radius 1 is 1.00 bits per heavy atom. The van der Waals surface area contributed by atoms with Gasteiger partial charge >= 0.3 is 5.97 Å². The molecule has 0 saturated carbocycles. The number of anilines is 1. The minimum atomic E-state index is -1.05. The van der Waals surface area contributed by atoms with Crippen LogP contribution in [0.3, 0.4) is 0 Å². The number of carbonyl (C=O) groups is 3. The second-order valence-electron chi connectivity index (χ2n) is 7.67. The lowest BCUT2D eigenvalue weighted by molar-refractivity contribution is -0.139. The molecular formula is C22H26N2O5. The molecule has 0 atom stereocenters. The molecule has 154 valence electrons. The molecular weight excluding hydrogens is 372 g/mol. The van der Waals surface area contributed by atoms with Gasteiger partial charge in [0.15, 0.2) is 6.61 Å². The van der Waals surface area contributed by atoms with E-state index in [2.05, 4.69) is 5.32 Å². The molecule has 0 fully saturated rings. The molecule has 0 radical (unpaired) electrons. The molecule has 0 spiro atoms. The number of hydrogen-bond acceptors (Lipinski definition) is 4. The fourth-order valence-electron chi connectivity index (χ4n) is 2.43. The van der Waals surface area contributed by atoms with Gasteiger partial charge in [-0.05, 0) is 42.0 Å². The maximum atomic E-state index is 12.7. The summed E-state index contributed by atoms with van der Waals surface area (Å²) in [5.74, 6) is -0.857. The van der Waals surface area contributed by atoms with Gasteiger partial charge in [0.2, 0.25) is 5.91 Å². The Hall–Kier alpha value is -3.35. The molecule has 7 heteroatoms. The molecule has 0 aliphatic rings. The van der Waals surface area contributed by atoms with E-state index in [4.69, 9.17) is 9.84 Å². The van der Waals surface area contributed by atoms with Crippen molar-refractivity contribution in [3.8, 4) is 5.75 Å². The van der Waals surface area contributed by atoms with Gasteiger partial charge in [-0.1, -0.05) is 32.9 Å². The summed E-state index contributed by atoms with van der Waals surface area (Å²) in [5.41, 5.74) is 1.62. The van der Waals surface area contributed by atoms with Crippen molar-refractivity contribution < 1.29 is 24.2 Å². The first kappa shape index (κ1) is 21.9. The highest BCUT2D eigenvalue weighted by Crippen LogP contribution is 2.20. The van der Waals surface area contributed by atoms with Crippen LogP contribution in [0.15, 0.2) is 48.5 Å². The second kappa shape index (κ2) is 9.23. The van der Waals surface area contributed by atoms with E-state index < -0.39 is 18.0 Å². The molecule has 2 amide bonds. The quantitative estimate of drug-likeness (QED) is 0.747. The number of amides is 2. The van der Waals surface area contributed by atoms with E-state index in [0.717, 1.165) is 5.56 Å². The average Bonchev–Trinajstić information content (AvgIpc) is 2.69. The van der Waals surface area contributed by atoms with Gasteiger partial charge in [-0.3, -0.25) is 9.59 Å². The molecule has 0 saturated heterocycles. The number of nitrogens with one attached hydrogen (secondary N) is 1. The summed E-state index contributed by atoms with van der Waals surface area (Å²) in [4.78, 5) is 36.7. The monoisotopic (exact) mass is 398 g/mol. The molecule has 2 aromatic rings. The van der Waals surface area contributed by atoms with Crippen LogP contribution in [-0.4, -0.2) is 36.5 Å². The van der Waals surface area contributed by atoms with E-state index in [9.17, 15) is 14.4 Å². The SMILES string of the molecule is CN(C(=O)c1ccc(CNC(=O)C(C)(C)C)cc1)c1ccc(OCC(=O)O)cc1. The smallest absolute Gasteiger partial charge is 0.341 e. The topological polar surface area (TPSA) is 95.9 Å². The summed E-state index contributed by atoms with van der Waals surface area (Å²) in [6, 6.07) is 13.7. The molecule has 0 bridgehead atoms. The van der Waals surface area contributed by atoms with Crippen LogP contribution < -0.4 is 15.0 Å². The summed E-state index contributed by atoms with van der Waals surface area (Å²) in [7, 11) is 1.66. The Bertz CT molecular complexity index is 868. The van der Waals surface area contributed by atoms with Gasteiger partial charge in [0.1, 0.15) is 5.75 Å². The zero-order valence-electron chi connectivity index (χ0n) is 17.1. The Morgan fingerprint density at radius 3 is 2.10 bits per heavy atom. The summed E-state index contributed by atoms with van der Waals surface area (Å²) in [6.45, 7) is 5.54. The van der Waals surface area contributed by atoms with E-state index in [1.54, 1.807) is 43.4 Å². The number of carboxylic acids is 1. The Balaban J connectivity index is 1.98. The molecule has 29 heavy (non-hydrogen) atoms. The van der Waals surface area contributed by atoms with E-state index in [1.165, 1.54) is 4.90 Å². The van der Waals surface area contributed by atoms with Crippen LogP contribution in [0.5, 0.6) is 5.75 Å². The fraction of sp³-hybridized carbons (Fsp3) is 0.318. The van der Waals surface area contributed by atoms with E-state index in [1.807, 2.05) is 32.9 Å². The van der Waals surface area contributed by atoms with Gasteiger partial charge < -0.3 is 20.1 Å². The number of ether oxygens (including phenoxy) is 1. The number of nitrogens with zero attached hydrogens (tertiary/aromatic N) is 1. The molecule has 0 heterocycles. The standard InChI is InChI=1S/C22H26N2O5/c1-22(2,3)21(28)23-13-15-5-7-16(8-6-15)20(27)24(4)17-9-11-18(12-10-17)29-14-19(25)26/h5-12H,13-14H2,1-4H3,(H,23,28)(H,25,26). The lowest BCUT2D eigenvalue weighted by Gasteiger charge is -2.19. The first-order valence-corrected chi connectivity index (χ1v) is 9.18. The third-order valence-corrected chi connectivity index (χ3v) is 4.23. The first-order valence-electron chi connectivity index (χ1n) is 9.18. The van der Waals surface area contributed by atoms with Gasteiger partial charge in [0.05, 0.1) is 0 Å². The predicted octanol–water partition coefficient (Wildman–Crippen LogP) is 3.09. The Morgan fingerprint density at radius 2 is 1.59 bits per heavy atom. The zero-order valence-corrected chi connectivity index (χ0v) is 17.1. The fourth-order valence-corrected chi connectivity index (χ4v) is 2.43. The van der Waals surface area contributed by atoms with Crippen LogP contribution in [0.25, 0.3) is 0 Å². The van der Waals surface area contributed by atoms with Crippen molar-refractivity contribution in [2.45, 2.75) is 27.3 Å². The average molecular weight is 398 g/mol. The minimum Gasteiger partial charge on any atom is -0.482 e. The molecule has 0 aliphatic carbocycles. The largest absolute Gasteiger partial charge is 0.482 e. The second-order valence-corrected chi connectivity index (χ2v) is 7.67. The van der Waals surface area contributed by atoms with Crippen molar-refractivity contribution in [1.29, 1.82) is 0 Å². The van der Waals surface area contributed by atoms with Crippen LogP contribution in [-0.2, 0) is 16.1 Å². The van der Waals surface area contributed by atoms with Crippen LogP contribution >= 0.6 is 0 Å². The summed E-state index contributed by atoms with van der Waals surface area (Å²) < 4.78 is 5.09. The number of carbonyl (C=O) groups excluding carboxylic acids is 2. The Labute approximate surface area is 170 Å². The van der Waals surface area contributed by atoms with Crippen molar-refractivity contribution in [2.75, 3.05) is 18.6 Å². The number of aliphatic carboxylic acids is 1. The normalized spacial score (nSPS) is 10.9. The van der Waals surface area contributed by atoms with Crippen LogP contribution in [0, 0.1) is 5.41 Å². The molecule has 0 aromatic heterocycles. The van der Waals surface area contributed by atoms with Crippen LogP contribution in [0.2, 0.25) is 0 Å². The Kier molecular flexibility index (Phi) is 6.98. The number of carboxylic acid groups (broad SMARTS) is 1. The van der Waals surface area contributed by atoms with Gasteiger partial charge in [-0.25, -0.2) is 4.79 Å². The molecule has 0 aliphatic heterocycles. The van der Waals surface area contributed by atoms with E-state index in [0.29, 0.717) is 23.5 Å². The molecule has 2 rings (SSSR count). The summed E-state index contributed by atoms with van der Waals surface area (Å²) in [5, 5.41) is 11.5. The maximum Gasteiger partial charge on any atom is 0.341 e. The van der Waals surface area contributed by atoms with E-state index >= 15 is 0 Å². The van der Waals surface area contributed by atoms with Crippen molar-refractivity contribution in [3.63, 3.8) is 0 Å². The molecule has 0 unspecified atom stereocenters. The lowest BCUT2D eigenvalue weighted by Crippen LogP contribution is -2.34. The molecule has 2 N–H and O–H groups in total. The van der Waals surface area contributed by atoms with Crippen molar-refractivity contribution >= 4 is 23.5 Å². The van der Waals surface area contributed by atoms with Gasteiger partial charge in [0.25, 0.3) is 5.91 Å². The number of benzene rings is 2. The number of rotatable bonds is 7. The minimum absolute atomic E-state index is 0.0341. The summed E-state index contributed by atoms with van der Waals surface area (Å²) in [6.07, 6.45) is 0. The van der Waals surface area contributed by atoms with E-state index in [-0.39, 0.29) is 11.8 Å². The first-order chi connectivity index (χ1) is 13.6. The third kappa shape index (κ3) is 6.34. The lowest BCUT2D eigenvalue weighted by atomic mass is 9.95. The maximum absolute atomic E-state index is 12.7. The third-order valence-electron chi connectivity index (χ3n) is 4.23. The van der Waals surface area contributed by atoms with Crippen molar-refractivity contribution in [3.05, 3.63) is 59.7 Å². The zero-order chi connectivity index (χ0) is 21.6.